The van der Waals surface area contributed by atoms with Gasteiger partial charge in [-0.25, -0.2) is 4.98 Å². The molecule has 0 fully saturated rings. The van der Waals surface area contributed by atoms with Crippen LogP contribution in [0.1, 0.15) is 13.8 Å². The van der Waals surface area contributed by atoms with Crippen LogP contribution in [0.5, 0.6) is 0 Å². The summed E-state index contributed by atoms with van der Waals surface area (Å²) in [5, 5.41) is 0. The quantitative estimate of drug-likeness (QED) is 0.750. The molecule has 4 heteroatoms. The number of nitrogens with zero attached hydrogens (tertiary/aromatic N) is 3. The highest BCUT2D eigenvalue weighted by Gasteiger charge is 2.29. The summed E-state index contributed by atoms with van der Waals surface area (Å²) < 4.78 is 2.12. The van der Waals surface area contributed by atoms with E-state index in [9.17, 15) is 4.79 Å². The molecule has 0 bridgehead atoms. The van der Waals surface area contributed by atoms with E-state index in [-0.39, 0.29) is 11.8 Å². The van der Waals surface area contributed by atoms with Crippen LogP contribution in [0.15, 0.2) is 24.3 Å². The Morgan fingerprint density at radius 3 is 2.82 bits per heavy atom. The molecule has 2 aromatic rings. The number of rotatable bonds is 1. The van der Waals surface area contributed by atoms with Gasteiger partial charge in [-0.1, -0.05) is 26.0 Å². The van der Waals surface area contributed by atoms with Gasteiger partial charge in [0.2, 0.25) is 11.9 Å². The first-order valence-corrected chi connectivity index (χ1v) is 5.95. The lowest BCUT2D eigenvalue weighted by Crippen LogP contribution is -2.32. The van der Waals surface area contributed by atoms with E-state index in [1.54, 1.807) is 4.90 Å². The van der Waals surface area contributed by atoms with Crippen LogP contribution in [0.4, 0.5) is 5.95 Å². The summed E-state index contributed by atoms with van der Waals surface area (Å²) >= 11 is 0. The molecule has 1 aliphatic rings. The molecule has 3 rings (SSSR count). The molecule has 0 N–H and O–H groups in total. The maximum absolute atomic E-state index is 12.1. The highest BCUT2D eigenvalue weighted by molar-refractivity contribution is 5.95. The lowest BCUT2D eigenvalue weighted by Gasteiger charge is -2.15. The molecular formula is C13H15N3O. The van der Waals surface area contributed by atoms with Crippen molar-refractivity contribution >= 4 is 22.9 Å². The van der Waals surface area contributed by atoms with Gasteiger partial charge in [-0.05, 0) is 12.1 Å². The van der Waals surface area contributed by atoms with Crippen molar-refractivity contribution in [3.05, 3.63) is 24.3 Å². The van der Waals surface area contributed by atoms with E-state index in [1.165, 1.54) is 0 Å². The summed E-state index contributed by atoms with van der Waals surface area (Å²) in [6, 6.07) is 8.01. The van der Waals surface area contributed by atoms with Crippen LogP contribution in [-0.2, 0) is 11.3 Å². The standard InChI is InChI=1S/C13H15N3O/c1-9(2)12(17)16-8-7-15-11-6-4-3-5-10(11)14-13(15)16/h3-6,9H,7-8H2,1-2H3. The zero-order valence-electron chi connectivity index (χ0n) is 10.1. The number of benzene rings is 1. The summed E-state index contributed by atoms with van der Waals surface area (Å²) in [7, 11) is 0. The van der Waals surface area contributed by atoms with E-state index in [4.69, 9.17) is 0 Å². The molecule has 1 amide bonds. The predicted molar refractivity (Wildman–Crippen MR) is 66.9 cm³/mol. The summed E-state index contributed by atoms with van der Waals surface area (Å²) in [5.74, 6) is 0.963. The molecule has 0 saturated heterocycles. The van der Waals surface area contributed by atoms with Crippen molar-refractivity contribution < 1.29 is 4.79 Å². The van der Waals surface area contributed by atoms with E-state index in [1.807, 2.05) is 32.0 Å². The van der Waals surface area contributed by atoms with Gasteiger partial charge in [0.15, 0.2) is 0 Å². The summed E-state index contributed by atoms with van der Waals surface area (Å²) in [4.78, 5) is 18.4. The zero-order valence-corrected chi connectivity index (χ0v) is 10.1. The number of hydrogen-bond acceptors (Lipinski definition) is 2. The molecule has 0 spiro atoms. The maximum atomic E-state index is 12.1. The number of fused-ring (bicyclic) bond motifs is 3. The number of carbonyl (C=O) groups excluding carboxylic acids is 1. The van der Waals surface area contributed by atoms with Crippen molar-refractivity contribution in [2.45, 2.75) is 20.4 Å². The van der Waals surface area contributed by atoms with Gasteiger partial charge in [0, 0.05) is 19.0 Å². The molecule has 4 nitrogen and oxygen atoms in total. The maximum Gasteiger partial charge on any atom is 0.231 e. The smallest absolute Gasteiger partial charge is 0.231 e. The molecule has 88 valence electrons. The zero-order chi connectivity index (χ0) is 12.0. The Bertz CT molecular complexity index is 585. The Balaban J connectivity index is 2.11. The molecule has 2 heterocycles. The van der Waals surface area contributed by atoms with Crippen molar-refractivity contribution in [3.8, 4) is 0 Å². The van der Waals surface area contributed by atoms with E-state index < -0.39 is 0 Å². The monoisotopic (exact) mass is 229 g/mol. The minimum atomic E-state index is 0.0152. The van der Waals surface area contributed by atoms with Gasteiger partial charge < -0.3 is 4.57 Å². The van der Waals surface area contributed by atoms with Gasteiger partial charge >= 0.3 is 0 Å². The number of amides is 1. The molecule has 0 atom stereocenters. The van der Waals surface area contributed by atoms with Crippen LogP contribution in [0.2, 0.25) is 0 Å². The summed E-state index contributed by atoms with van der Waals surface area (Å²) in [6.07, 6.45) is 0. The molecule has 1 aliphatic heterocycles. The van der Waals surface area contributed by atoms with Crippen molar-refractivity contribution in [1.29, 1.82) is 0 Å². The molecule has 0 unspecified atom stereocenters. The Morgan fingerprint density at radius 1 is 1.29 bits per heavy atom. The fourth-order valence-electron chi connectivity index (χ4n) is 2.31. The second-order valence-electron chi connectivity index (χ2n) is 4.70. The fourth-order valence-corrected chi connectivity index (χ4v) is 2.31. The highest BCUT2D eigenvalue weighted by atomic mass is 16.2. The molecule has 0 saturated carbocycles. The third-order valence-corrected chi connectivity index (χ3v) is 3.18. The van der Waals surface area contributed by atoms with Gasteiger partial charge in [0.1, 0.15) is 0 Å². The van der Waals surface area contributed by atoms with E-state index in [2.05, 4.69) is 15.6 Å². The first kappa shape index (κ1) is 10.3. The molecular weight excluding hydrogens is 214 g/mol. The van der Waals surface area contributed by atoms with Crippen LogP contribution < -0.4 is 4.90 Å². The second kappa shape index (κ2) is 3.58. The first-order valence-electron chi connectivity index (χ1n) is 5.95. The van der Waals surface area contributed by atoms with Crippen LogP contribution >= 0.6 is 0 Å². The number of aromatic nitrogens is 2. The average Bonchev–Trinajstić information content (AvgIpc) is 2.86. The molecule has 17 heavy (non-hydrogen) atoms. The first-order chi connectivity index (χ1) is 8.18. The van der Waals surface area contributed by atoms with Crippen molar-refractivity contribution in [1.82, 2.24) is 9.55 Å². The third-order valence-electron chi connectivity index (χ3n) is 3.18. The van der Waals surface area contributed by atoms with Crippen molar-refractivity contribution in [3.63, 3.8) is 0 Å². The Kier molecular flexibility index (Phi) is 2.18. The van der Waals surface area contributed by atoms with Gasteiger partial charge in [0.25, 0.3) is 0 Å². The van der Waals surface area contributed by atoms with E-state index >= 15 is 0 Å². The Morgan fingerprint density at radius 2 is 2.06 bits per heavy atom. The third kappa shape index (κ3) is 1.44. The minimum absolute atomic E-state index is 0.0152. The Labute approximate surface area is 99.9 Å². The van der Waals surface area contributed by atoms with Crippen LogP contribution in [0, 0.1) is 5.92 Å². The number of para-hydroxylation sites is 2. The lowest BCUT2D eigenvalue weighted by atomic mass is 10.2. The van der Waals surface area contributed by atoms with Crippen LogP contribution in [-0.4, -0.2) is 22.0 Å². The SMILES string of the molecule is CC(C)C(=O)N1CCn2c1nc1ccccc12. The minimum Gasteiger partial charge on any atom is -0.308 e. The molecule has 0 radical (unpaired) electrons. The van der Waals surface area contributed by atoms with Crippen LogP contribution in [0.3, 0.4) is 0 Å². The fraction of sp³-hybridized carbons (Fsp3) is 0.385. The topological polar surface area (TPSA) is 38.1 Å². The van der Waals surface area contributed by atoms with Gasteiger partial charge in [-0.3, -0.25) is 9.69 Å². The van der Waals surface area contributed by atoms with Gasteiger partial charge in [0.05, 0.1) is 11.0 Å². The van der Waals surface area contributed by atoms with E-state index in [0.29, 0.717) is 0 Å². The largest absolute Gasteiger partial charge is 0.308 e. The van der Waals surface area contributed by atoms with E-state index in [0.717, 1.165) is 30.1 Å². The molecule has 1 aromatic carbocycles. The second-order valence-corrected chi connectivity index (χ2v) is 4.70. The number of carbonyl (C=O) groups is 1. The Hall–Kier alpha value is -1.84. The van der Waals surface area contributed by atoms with Crippen LogP contribution in [0.25, 0.3) is 11.0 Å². The predicted octanol–water partition coefficient (Wildman–Crippen LogP) is 2.04. The lowest BCUT2D eigenvalue weighted by molar-refractivity contribution is -0.121. The van der Waals surface area contributed by atoms with Gasteiger partial charge in [-0.15, -0.1) is 0 Å². The number of hydrogen-bond donors (Lipinski definition) is 0. The highest BCUT2D eigenvalue weighted by Crippen LogP contribution is 2.27. The number of anilines is 1. The summed E-state index contributed by atoms with van der Waals surface area (Å²) in [6.45, 7) is 5.43. The molecule has 1 aromatic heterocycles. The normalized spacial score (nSPS) is 14.6. The van der Waals surface area contributed by atoms with Crippen molar-refractivity contribution in [2.75, 3.05) is 11.4 Å². The average molecular weight is 229 g/mol. The van der Waals surface area contributed by atoms with Crippen molar-refractivity contribution in [2.24, 2.45) is 5.92 Å². The molecule has 0 aliphatic carbocycles. The number of imidazole rings is 1. The van der Waals surface area contributed by atoms with Gasteiger partial charge in [-0.2, -0.15) is 0 Å². The summed E-state index contributed by atoms with van der Waals surface area (Å²) in [5.41, 5.74) is 2.07.